The Morgan fingerprint density at radius 3 is 1.62 bits per heavy atom. The Hall–Kier alpha value is -2.36. The molecule has 0 saturated carbocycles. The molecule has 0 aliphatic carbocycles. The van der Waals surface area contributed by atoms with Crippen LogP contribution in [-0.2, 0) is 0 Å². The number of hydrogen-bond acceptors (Lipinski definition) is 4. The highest BCUT2D eigenvalue weighted by Gasteiger charge is 2.20. The van der Waals surface area contributed by atoms with Crippen LogP contribution in [0.5, 0.6) is 23.0 Å². The van der Waals surface area contributed by atoms with Gasteiger partial charge in [-0.05, 0) is 43.5 Å². The van der Waals surface area contributed by atoms with Crippen LogP contribution in [0.4, 0.5) is 0 Å². The number of rotatable bonds is 0. The van der Waals surface area contributed by atoms with Gasteiger partial charge in [0.15, 0.2) is 0 Å². The van der Waals surface area contributed by atoms with Crippen molar-refractivity contribution in [1.29, 1.82) is 0 Å². The molecule has 2 aromatic carbocycles. The molecule has 110 valence electrons. The van der Waals surface area contributed by atoms with E-state index in [-0.39, 0.29) is 11.5 Å². The molecule has 4 heteroatoms. The Morgan fingerprint density at radius 1 is 0.667 bits per heavy atom. The van der Waals surface area contributed by atoms with Gasteiger partial charge in [-0.25, -0.2) is 0 Å². The quantitative estimate of drug-likeness (QED) is 0.775. The van der Waals surface area contributed by atoms with Gasteiger partial charge in [-0.15, -0.1) is 0 Å². The van der Waals surface area contributed by atoms with Crippen molar-refractivity contribution in [2.45, 2.75) is 19.3 Å². The molecule has 2 aromatic rings. The van der Waals surface area contributed by atoms with Crippen molar-refractivity contribution in [3.05, 3.63) is 36.4 Å². The second kappa shape index (κ2) is 5.95. The van der Waals surface area contributed by atoms with Crippen LogP contribution >= 0.6 is 0 Å². The first-order valence-corrected chi connectivity index (χ1v) is 7.17. The highest BCUT2D eigenvalue weighted by molar-refractivity contribution is 5.85. The van der Waals surface area contributed by atoms with Gasteiger partial charge in [0.1, 0.15) is 23.0 Å². The van der Waals surface area contributed by atoms with E-state index in [2.05, 4.69) is 0 Å². The third kappa shape index (κ3) is 2.75. The van der Waals surface area contributed by atoms with Crippen molar-refractivity contribution in [2.24, 2.45) is 0 Å². The molecular weight excluding hydrogens is 268 g/mol. The normalized spacial score (nSPS) is 14.9. The molecule has 1 heterocycles. The largest absolute Gasteiger partial charge is 0.507 e. The van der Waals surface area contributed by atoms with Gasteiger partial charge < -0.3 is 19.7 Å². The maximum Gasteiger partial charge on any atom is 0.131 e. The van der Waals surface area contributed by atoms with Crippen LogP contribution in [-0.4, -0.2) is 23.4 Å². The lowest BCUT2D eigenvalue weighted by molar-refractivity contribution is 0.284. The molecular formula is C17H18O4. The van der Waals surface area contributed by atoms with E-state index in [1.165, 1.54) is 0 Å². The summed E-state index contributed by atoms with van der Waals surface area (Å²) >= 11 is 0. The van der Waals surface area contributed by atoms with Gasteiger partial charge in [0.05, 0.1) is 24.3 Å². The lowest BCUT2D eigenvalue weighted by Crippen LogP contribution is -1.99. The zero-order valence-corrected chi connectivity index (χ0v) is 11.7. The van der Waals surface area contributed by atoms with Crippen molar-refractivity contribution in [3.8, 4) is 34.1 Å². The van der Waals surface area contributed by atoms with E-state index in [1.54, 1.807) is 36.4 Å². The fourth-order valence-corrected chi connectivity index (χ4v) is 2.53. The van der Waals surface area contributed by atoms with Crippen LogP contribution in [0, 0.1) is 0 Å². The molecule has 0 unspecified atom stereocenters. The van der Waals surface area contributed by atoms with E-state index in [0.717, 1.165) is 19.3 Å². The Bertz CT molecular complexity index is 581. The predicted octanol–water partition coefficient (Wildman–Crippen LogP) is 3.71. The van der Waals surface area contributed by atoms with Crippen LogP contribution in [0.15, 0.2) is 36.4 Å². The van der Waals surface area contributed by atoms with Gasteiger partial charge in [0, 0.05) is 0 Å². The SMILES string of the molecule is Oc1cccc2c1-c1c(O)cccc1OCCCCCO2. The molecule has 0 aromatic heterocycles. The molecule has 1 aliphatic rings. The van der Waals surface area contributed by atoms with Gasteiger partial charge >= 0.3 is 0 Å². The number of hydrogen-bond donors (Lipinski definition) is 2. The predicted molar refractivity (Wildman–Crippen MR) is 80.0 cm³/mol. The van der Waals surface area contributed by atoms with E-state index in [0.29, 0.717) is 35.8 Å². The van der Waals surface area contributed by atoms with Crippen LogP contribution in [0.3, 0.4) is 0 Å². The first kappa shape index (κ1) is 13.6. The summed E-state index contributed by atoms with van der Waals surface area (Å²) in [5.41, 5.74) is 0.958. The fourth-order valence-electron chi connectivity index (χ4n) is 2.53. The van der Waals surface area contributed by atoms with Gasteiger partial charge in [-0.2, -0.15) is 0 Å². The molecule has 0 spiro atoms. The number of benzene rings is 2. The van der Waals surface area contributed by atoms with E-state index in [4.69, 9.17) is 9.47 Å². The van der Waals surface area contributed by atoms with Crippen LogP contribution in [0.1, 0.15) is 19.3 Å². The van der Waals surface area contributed by atoms with Crippen LogP contribution < -0.4 is 9.47 Å². The second-order valence-corrected chi connectivity index (χ2v) is 5.06. The third-order valence-corrected chi connectivity index (χ3v) is 3.56. The van der Waals surface area contributed by atoms with Crippen molar-refractivity contribution >= 4 is 0 Å². The van der Waals surface area contributed by atoms with Crippen LogP contribution in [0.25, 0.3) is 11.1 Å². The zero-order valence-electron chi connectivity index (χ0n) is 11.7. The van der Waals surface area contributed by atoms with Crippen molar-refractivity contribution in [3.63, 3.8) is 0 Å². The Labute approximate surface area is 123 Å². The average molecular weight is 286 g/mol. The zero-order chi connectivity index (χ0) is 14.7. The number of phenolic OH excluding ortho intramolecular Hbond substituents is 2. The van der Waals surface area contributed by atoms with Gasteiger partial charge in [-0.1, -0.05) is 12.1 Å². The second-order valence-electron chi connectivity index (χ2n) is 5.06. The van der Waals surface area contributed by atoms with Crippen molar-refractivity contribution in [2.75, 3.05) is 13.2 Å². The first-order chi connectivity index (χ1) is 10.3. The maximum absolute atomic E-state index is 10.2. The fraction of sp³-hybridized carbons (Fsp3) is 0.294. The molecule has 21 heavy (non-hydrogen) atoms. The van der Waals surface area contributed by atoms with E-state index in [1.807, 2.05) is 0 Å². The topological polar surface area (TPSA) is 58.9 Å². The molecule has 0 amide bonds. The summed E-state index contributed by atoms with van der Waals surface area (Å²) in [6, 6.07) is 10.2. The van der Waals surface area contributed by atoms with Crippen LogP contribution in [0.2, 0.25) is 0 Å². The molecule has 0 bridgehead atoms. The molecule has 0 saturated heterocycles. The van der Waals surface area contributed by atoms with E-state index in [9.17, 15) is 10.2 Å². The van der Waals surface area contributed by atoms with E-state index >= 15 is 0 Å². The van der Waals surface area contributed by atoms with Crippen molar-refractivity contribution < 1.29 is 19.7 Å². The number of fused-ring (bicyclic) bond motifs is 3. The lowest BCUT2D eigenvalue weighted by atomic mass is 10.0. The number of ether oxygens (including phenoxy) is 2. The minimum Gasteiger partial charge on any atom is -0.507 e. The number of aromatic hydroxyl groups is 2. The summed E-state index contributed by atoms with van der Waals surface area (Å²) in [4.78, 5) is 0. The molecule has 1 aliphatic heterocycles. The van der Waals surface area contributed by atoms with E-state index < -0.39 is 0 Å². The molecule has 0 radical (unpaired) electrons. The maximum atomic E-state index is 10.2. The summed E-state index contributed by atoms with van der Waals surface area (Å²) in [7, 11) is 0. The monoisotopic (exact) mass is 286 g/mol. The third-order valence-electron chi connectivity index (χ3n) is 3.56. The average Bonchev–Trinajstić information content (AvgIpc) is 2.51. The summed E-state index contributed by atoms with van der Waals surface area (Å²) in [5.74, 6) is 1.25. The summed E-state index contributed by atoms with van der Waals surface area (Å²) < 4.78 is 11.6. The van der Waals surface area contributed by atoms with Gasteiger partial charge in [0.25, 0.3) is 0 Å². The lowest BCUT2D eigenvalue weighted by Gasteiger charge is -2.16. The molecule has 0 fully saturated rings. The Balaban J connectivity index is 2.20. The molecule has 3 rings (SSSR count). The standard InChI is InChI=1S/C17H18O4/c18-12-6-4-8-14-16(12)17-13(19)7-5-9-15(17)21-11-3-1-2-10-20-14/h4-9,18-19H,1-3,10-11H2. The summed E-state index contributed by atoms with van der Waals surface area (Å²) in [6.45, 7) is 1.17. The highest BCUT2D eigenvalue weighted by atomic mass is 16.5. The Kier molecular flexibility index (Phi) is 3.86. The molecule has 4 nitrogen and oxygen atoms in total. The molecule has 2 N–H and O–H groups in total. The first-order valence-electron chi connectivity index (χ1n) is 7.17. The smallest absolute Gasteiger partial charge is 0.131 e. The summed E-state index contributed by atoms with van der Waals surface area (Å²) in [6.07, 6.45) is 2.88. The molecule has 0 atom stereocenters. The minimum atomic E-state index is 0.0677. The Morgan fingerprint density at radius 2 is 1.14 bits per heavy atom. The van der Waals surface area contributed by atoms with Gasteiger partial charge in [0.2, 0.25) is 0 Å². The van der Waals surface area contributed by atoms with Gasteiger partial charge in [-0.3, -0.25) is 0 Å². The minimum absolute atomic E-state index is 0.0677. The highest BCUT2D eigenvalue weighted by Crippen LogP contribution is 2.47. The van der Waals surface area contributed by atoms with Crippen molar-refractivity contribution in [1.82, 2.24) is 0 Å². The summed E-state index contributed by atoms with van der Waals surface area (Å²) in [5, 5.41) is 20.5. The number of phenols is 2.